The Morgan fingerprint density at radius 3 is 2.00 bits per heavy atom. The molecule has 2 nitrogen and oxygen atoms in total. The van der Waals surface area contributed by atoms with E-state index in [1.54, 1.807) is 0 Å². The highest BCUT2D eigenvalue weighted by molar-refractivity contribution is 5.63. The zero-order chi connectivity index (χ0) is 16.9. The van der Waals surface area contributed by atoms with E-state index in [0.717, 1.165) is 12.6 Å². The van der Waals surface area contributed by atoms with Crippen LogP contribution in [0.3, 0.4) is 0 Å². The molecule has 0 atom stereocenters. The van der Waals surface area contributed by atoms with Gasteiger partial charge < -0.3 is 4.90 Å². The van der Waals surface area contributed by atoms with Crippen LogP contribution >= 0.6 is 0 Å². The van der Waals surface area contributed by atoms with Crippen molar-refractivity contribution >= 4 is 0 Å². The zero-order valence-electron chi connectivity index (χ0n) is 15.2. The van der Waals surface area contributed by atoms with Crippen molar-refractivity contribution in [3.8, 4) is 11.1 Å². The van der Waals surface area contributed by atoms with Crippen LogP contribution in [0.2, 0.25) is 0 Å². The second kappa shape index (κ2) is 8.16. The fraction of sp³-hybridized carbons (Fsp3) is 0.478. The molecule has 0 saturated carbocycles. The first-order valence-corrected chi connectivity index (χ1v) is 9.99. The first kappa shape index (κ1) is 16.8. The Morgan fingerprint density at radius 2 is 1.32 bits per heavy atom. The van der Waals surface area contributed by atoms with Crippen molar-refractivity contribution in [3.05, 3.63) is 60.2 Å². The Bertz CT molecular complexity index is 636. The molecular weight excluding hydrogens is 304 g/mol. The Hall–Kier alpha value is -1.64. The highest BCUT2D eigenvalue weighted by Crippen LogP contribution is 2.23. The molecule has 4 rings (SSSR count). The SMILES string of the molecule is c1ccc(-c2ccc(CN3CCC(N4CCCCC4)CC3)cc2)cc1. The van der Waals surface area contributed by atoms with Crippen LogP contribution < -0.4 is 0 Å². The van der Waals surface area contributed by atoms with Crippen LogP contribution in [0.4, 0.5) is 0 Å². The molecule has 2 aliphatic heterocycles. The van der Waals surface area contributed by atoms with Gasteiger partial charge >= 0.3 is 0 Å². The number of rotatable bonds is 4. The molecule has 2 fully saturated rings. The monoisotopic (exact) mass is 334 g/mol. The second-order valence-corrected chi connectivity index (χ2v) is 7.67. The Labute approximate surface area is 152 Å². The predicted octanol–water partition coefficient (Wildman–Crippen LogP) is 4.80. The summed E-state index contributed by atoms with van der Waals surface area (Å²) >= 11 is 0. The van der Waals surface area contributed by atoms with E-state index in [1.165, 1.54) is 75.0 Å². The van der Waals surface area contributed by atoms with E-state index in [2.05, 4.69) is 64.4 Å². The third-order valence-electron chi connectivity index (χ3n) is 5.93. The van der Waals surface area contributed by atoms with E-state index < -0.39 is 0 Å². The molecule has 0 unspecified atom stereocenters. The lowest BCUT2D eigenvalue weighted by Gasteiger charge is -2.40. The normalized spacial score (nSPS) is 20.6. The maximum atomic E-state index is 2.76. The first-order valence-electron chi connectivity index (χ1n) is 9.99. The van der Waals surface area contributed by atoms with Crippen LogP contribution in [-0.4, -0.2) is 42.0 Å². The third kappa shape index (κ3) is 4.31. The van der Waals surface area contributed by atoms with Gasteiger partial charge in [-0.1, -0.05) is 61.0 Å². The van der Waals surface area contributed by atoms with Crippen LogP contribution in [0.25, 0.3) is 11.1 Å². The molecule has 2 aromatic carbocycles. The van der Waals surface area contributed by atoms with E-state index >= 15 is 0 Å². The number of likely N-dealkylation sites (tertiary alicyclic amines) is 2. The first-order chi connectivity index (χ1) is 12.4. The van der Waals surface area contributed by atoms with Gasteiger partial charge in [0.05, 0.1) is 0 Å². The number of hydrogen-bond acceptors (Lipinski definition) is 2. The van der Waals surface area contributed by atoms with Gasteiger partial charge in [-0.25, -0.2) is 0 Å². The minimum atomic E-state index is 0.844. The molecule has 0 radical (unpaired) electrons. The van der Waals surface area contributed by atoms with E-state index in [4.69, 9.17) is 0 Å². The largest absolute Gasteiger partial charge is 0.300 e. The molecule has 2 heterocycles. The summed E-state index contributed by atoms with van der Waals surface area (Å²) in [6.07, 6.45) is 6.96. The molecule has 0 aliphatic carbocycles. The van der Waals surface area contributed by atoms with Crippen molar-refractivity contribution in [2.45, 2.75) is 44.7 Å². The van der Waals surface area contributed by atoms with Crippen LogP contribution in [0.5, 0.6) is 0 Å². The van der Waals surface area contributed by atoms with Crippen LogP contribution in [0.15, 0.2) is 54.6 Å². The number of benzene rings is 2. The maximum absolute atomic E-state index is 2.76. The molecule has 2 saturated heterocycles. The van der Waals surface area contributed by atoms with Crippen molar-refractivity contribution < 1.29 is 0 Å². The highest BCUT2D eigenvalue weighted by Gasteiger charge is 2.25. The fourth-order valence-electron chi connectivity index (χ4n) is 4.42. The van der Waals surface area contributed by atoms with E-state index in [1.807, 2.05) is 0 Å². The van der Waals surface area contributed by atoms with Gasteiger partial charge in [0, 0.05) is 12.6 Å². The average molecular weight is 335 g/mol. The van der Waals surface area contributed by atoms with Crippen LogP contribution in [-0.2, 0) is 6.54 Å². The van der Waals surface area contributed by atoms with E-state index in [-0.39, 0.29) is 0 Å². The minimum Gasteiger partial charge on any atom is -0.300 e. The molecular formula is C23H30N2. The summed E-state index contributed by atoms with van der Waals surface area (Å²) in [5.74, 6) is 0. The summed E-state index contributed by atoms with van der Waals surface area (Å²) in [4.78, 5) is 5.40. The molecule has 2 aliphatic rings. The van der Waals surface area contributed by atoms with Crippen molar-refractivity contribution in [3.63, 3.8) is 0 Å². The van der Waals surface area contributed by atoms with Crippen molar-refractivity contribution in [1.82, 2.24) is 9.80 Å². The van der Waals surface area contributed by atoms with Gasteiger partial charge in [0.15, 0.2) is 0 Å². The summed E-state index contributed by atoms with van der Waals surface area (Å²) in [5, 5.41) is 0. The fourth-order valence-corrected chi connectivity index (χ4v) is 4.42. The molecule has 0 amide bonds. The Kier molecular flexibility index (Phi) is 5.49. The zero-order valence-corrected chi connectivity index (χ0v) is 15.2. The molecule has 2 aromatic rings. The molecule has 0 bridgehead atoms. The molecule has 2 heteroatoms. The third-order valence-corrected chi connectivity index (χ3v) is 5.93. The standard InChI is InChI=1S/C23H30N2/c1-3-7-21(8-4-1)22-11-9-20(10-12-22)19-24-17-13-23(14-18-24)25-15-5-2-6-16-25/h1,3-4,7-12,23H,2,5-6,13-19H2. The summed E-state index contributed by atoms with van der Waals surface area (Å²) in [6.45, 7) is 6.28. The van der Waals surface area contributed by atoms with Crippen molar-refractivity contribution in [1.29, 1.82) is 0 Å². The Morgan fingerprint density at radius 1 is 0.680 bits per heavy atom. The lowest BCUT2D eigenvalue weighted by Crippen LogP contribution is -2.46. The quantitative estimate of drug-likeness (QED) is 0.792. The smallest absolute Gasteiger partial charge is 0.0233 e. The maximum Gasteiger partial charge on any atom is 0.0233 e. The lowest BCUT2D eigenvalue weighted by atomic mass is 9.99. The molecule has 0 aromatic heterocycles. The van der Waals surface area contributed by atoms with Crippen LogP contribution in [0, 0.1) is 0 Å². The summed E-state index contributed by atoms with van der Waals surface area (Å²) in [5.41, 5.74) is 4.06. The summed E-state index contributed by atoms with van der Waals surface area (Å²) < 4.78 is 0. The van der Waals surface area contributed by atoms with Crippen molar-refractivity contribution in [2.24, 2.45) is 0 Å². The Balaban J connectivity index is 1.30. The number of nitrogens with zero attached hydrogens (tertiary/aromatic N) is 2. The van der Waals surface area contributed by atoms with Crippen molar-refractivity contribution in [2.75, 3.05) is 26.2 Å². The van der Waals surface area contributed by atoms with Gasteiger partial charge in [0.1, 0.15) is 0 Å². The molecule has 25 heavy (non-hydrogen) atoms. The van der Waals surface area contributed by atoms with Crippen LogP contribution in [0.1, 0.15) is 37.7 Å². The average Bonchev–Trinajstić information content (AvgIpc) is 2.71. The minimum absolute atomic E-state index is 0.844. The second-order valence-electron chi connectivity index (χ2n) is 7.67. The number of hydrogen-bond donors (Lipinski definition) is 0. The highest BCUT2D eigenvalue weighted by atomic mass is 15.2. The topological polar surface area (TPSA) is 6.48 Å². The molecule has 0 spiro atoms. The van der Waals surface area contributed by atoms with Gasteiger partial charge in [0.25, 0.3) is 0 Å². The lowest BCUT2D eigenvalue weighted by molar-refractivity contribution is 0.0896. The van der Waals surface area contributed by atoms with Gasteiger partial charge in [-0.2, -0.15) is 0 Å². The molecule has 0 N–H and O–H groups in total. The van der Waals surface area contributed by atoms with Gasteiger partial charge in [-0.3, -0.25) is 4.90 Å². The van der Waals surface area contributed by atoms with Gasteiger partial charge in [0.2, 0.25) is 0 Å². The number of piperidine rings is 2. The summed E-state index contributed by atoms with van der Waals surface area (Å²) in [6, 6.07) is 20.6. The predicted molar refractivity (Wildman–Crippen MR) is 106 cm³/mol. The van der Waals surface area contributed by atoms with Gasteiger partial charge in [-0.05, 0) is 68.6 Å². The summed E-state index contributed by atoms with van der Waals surface area (Å²) in [7, 11) is 0. The van der Waals surface area contributed by atoms with Gasteiger partial charge in [-0.15, -0.1) is 0 Å². The molecule has 132 valence electrons. The van der Waals surface area contributed by atoms with E-state index in [0.29, 0.717) is 0 Å². The van der Waals surface area contributed by atoms with E-state index in [9.17, 15) is 0 Å².